The van der Waals surface area contributed by atoms with E-state index in [1.54, 1.807) is 0 Å². The monoisotopic (exact) mass is 543 g/mol. The van der Waals surface area contributed by atoms with E-state index >= 15 is 0 Å². The molecule has 176 valence electrons. The number of methoxy groups -OCH3 is 1. The molecule has 1 aliphatic heterocycles. The molecule has 2 unspecified atom stereocenters. The second-order valence-corrected chi connectivity index (χ2v) is 7.46. The van der Waals surface area contributed by atoms with Gasteiger partial charge in [-0.05, 0) is 24.3 Å². The summed E-state index contributed by atoms with van der Waals surface area (Å²) in [5, 5.41) is 60.9. The number of phenolic OH excluding ortho intramolecular Hbond substituents is 3. The van der Waals surface area contributed by atoms with Crippen LogP contribution in [-0.2, 0) is 25.8 Å². The van der Waals surface area contributed by atoms with Gasteiger partial charge in [-0.2, -0.15) is 0 Å². The Bertz CT molecular complexity index is 1240. The molecule has 10 nitrogen and oxygen atoms in total. The molecule has 5 atom stereocenters. The Balaban J connectivity index is 0.00000306. The summed E-state index contributed by atoms with van der Waals surface area (Å²) in [4.78, 5) is 12.8. The fourth-order valence-electron chi connectivity index (χ4n) is 3.76. The van der Waals surface area contributed by atoms with Crippen molar-refractivity contribution in [2.24, 2.45) is 0 Å². The first-order valence-electron chi connectivity index (χ1n) is 9.56. The molecule has 0 saturated carbocycles. The zero-order valence-corrected chi connectivity index (χ0v) is 19.2. The molecule has 0 amide bonds. The van der Waals surface area contributed by atoms with E-state index in [0.29, 0.717) is 5.56 Å². The van der Waals surface area contributed by atoms with Gasteiger partial charge in [0.15, 0.2) is 22.5 Å². The van der Waals surface area contributed by atoms with E-state index < -0.39 is 47.4 Å². The van der Waals surface area contributed by atoms with Crippen molar-refractivity contribution >= 4 is 11.0 Å². The number of aliphatic hydroxyl groups excluding tert-OH is 3. The number of phenols is 3. The average molecular weight is 541 g/mol. The van der Waals surface area contributed by atoms with E-state index in [4.69, 9.17) is 13.9 Å². The summed E-state index contributed by atoms with van der Waals surface area (Å²) in [5.41, 5.74) is -0.835. The summed E-state index contributed by atoms with van der Waals surface area (Å²) >= 11 is 0. The fourth-order valence-corrected chi connectivity index (χ4v) is 3.76. The Labute approximate surface area is 201 Å². The maximum absolute atomic E-state index is 12.8. The van der Waals surface area contributed by atoms with Crippen molar-refractivity contribution in [1.82, 2.24) is 0 Å². The molecule has 11 heteroatoms. The van der Waals surface area contributed by atoms with Crippen molar-refractivity contribution in [3.8, 4) is 34.3 Å². The summed E-state index contributed by atoms with van der Waals surface area (Å²) in [5.74, 6) is -1.15. The van der Waals surface area contributed by atoms with Crippen LogP contribution in [0.3, 0.4) is 0 Å². The van der Waals surface area contributed by atoms with Gasteiger partial charge in [0, 0.05) is 38.8 Å². The zero-order valence-electron chi connectivity index (χ0n) is 17.2. The summed E-state index contributed by atoms with van der Waals surface area (Å²) < 4.78 is 16.4. The van der Waals surface area contributed by atoms with Gasteiger partial charge in [0.05, 0.1) is 18.8 Å². The Morgan fingerprint density at radius 3 is 2.30 bits per heavy atom. The minimum absolute atomic E-state index is 0. The Hall–Kier alpha value is -2.62. The van der Waals surface area contributed by atoms with E-state index in [0.717, 1.165) is 12.1 Å². The topological polar surface area (TPSA) is 170 Å². The van der Waals surface area contributed by atoms with Gasteiger partial charge >= 0.3 is 0 Å². The Kier molecular flexibility index (Phi) is 7.06. The minimum Gasteiger partial charge on any atom is -0.507 e. The summed E-state index contributed by atoms with van der Waals surface area (Å²) in [6.45, 7) is 3.57. The number of rotatable bonds is 3. The van der Waals surface area contributed by atoms with Crippen LogP contribution in [-0.4, -0.2) is 62.2 Å². The molecule has 1 fully saturated rings. The molecule has 1 aromatic heterocycles. The second-order valence-electron chi connectivity index (χ2n) is 7.46. The zero-order chi connectivity index (χ0) is 23.3. The van der Waals surface area contributed by atoms with Crippen molar-refractivity contribution in [2.45, 2.75) is 30.5 Å². The molecule has 1 saturated heterocycles. The van der Waals surface area contributed by atoms with Gasteiger partial charge < -0.3 is 51.5 Å². The number of ether oxygens (including phenoxy) is 2. The van der Waals surface area contributed by atoms with Crippen LogP contribution in [0.2, 0.25) is 0 Å². The number of hydrogen-bond donors (Lipinski definition) is 6. The van der Waals surface area contributed by atoms with Gasteiger partial charge in [0.25, 0.3) is 0 Å². The third kappa shape index (κ3) is 4.20. The summed E-state index contributed by atoms with van der Waals surface area (Å²) in [6, 6.07) is 6.21. The molecule has 2 aromatic carbocycles. The van der Waals surface area contributed by atoms with Gasteiger partial charge in [-0.3, -0.25) is 4.79 Å². The molecule has 2 heterocycles. The number of hydrogen-bond acceptors (Lipinski definition) is 10. The maximum atomic E-state index is 12.8. The van der Waals surface area contributed by atoms with E-state index in [2.05, 4.69) is 6.92 Å². The van der Waals surface area contributed by atoms with Crippen molar-refractivity contribution in [1.29, 1.82) is 0 Å². The quantitative estimate of drug-likeness (QED) is 0.207. The van der Waals surface area contributed by atoms with Gasteiger partial charge in [0.1, 0.15) is 41.0 Å². The first-order valence-corrected chi connectivity index (χ1v) is 9.56. The van der Waals surface area contributed by atoms with Crippen molar-refractivity contribution < 1.29 is 65.6 Å². The smallest absolute Gasteiger partial charge is 0.197 e. The van der Waals surface area contributed by atoms with E-state index in [1.165, 1.54) is 25.3 Å². The minimum atomic E-state index is -1.70. The molecule has 4 rings (SSSR count). The molecule has 6 N–H and O–H groups in total. The van der Waals surface area contributed by atoms with E-state index in [9.17, 15) is 35.4 Å². The Morgan fingerprint density at radius 1 is 0.939 bits per heavy atom. The molecule has 0 aliphatic carbocycles. The molecular formula is C22H21MoO10-. The van der Waals surface area contributed by atoms with Crippen LogP contribution >= 0.6 is 0 Å². The van der Waals surface area contributed by atoms with Crippen LogP contribution in [0.5, 0.6) is 23.0 Å². The summed E-state index contributed by atoms with van der Waals surface area (Å²) in [6.07, 6.45) is -7.45. The first-order chi connectivity index (χ1) is 15.1. The van der Waals surface area contributed by atoms with Crippen LogP contribution in [0.15, 0.2) is 39.5 Å². The van der Waals surface area contributed by atoms with Crippen LogP contribution in [0.4, 0.5) is 0 Å². The van der Waals surface area contributed by atoms with Crippen molar-refractivity contribution in [2.75, 3.05) is 7.11 Å². The molecule has 3 aromatic rings. The van der Waals surface area contributed by atoms with Gasteiger partial charge in [-0.1, -0.05) is 0 Å². The summed E-state index contributed by atoms with van der Waals surface area (Å²) in [7, 11) is 1.35. The molecule has 0 radical (unpaired) electrons. The van der Waals surface area contributed by atoms with Crippen LogP contribution in [0.25, 0.3) is 22.3 Å². The molecule has 1 aliphatic rings. The number of benzene rings is 2. The fraction of sp³-hybridized carbons (Fsp3) is 0.273. The molecular weight excluding hydrogens is 520 g/mol. The van der Waals surface area contributed by atoms with Crippen molar-refractivity contribution in [3.05, 3.63) is 53.0 Å². The molecule has 33 heavy (non-hydrogen) atoms. The second kappa shape index (κ2) is 9.32. The molecule has 0 bridgehead atoms. The van der Waals surface area contributed by atoms with E-state index in [-0.39, 0.29) is 54.9 Å². The number of aliphatic hydroxyl groups is 3. The van der Waals surface area contributed by atoms with Gasteiger partial charge in [-0.25, -0.2) is 0 Å². The van der Waals surface area contributed by atoms with Crippen LogP contribution in [0, 0.1) is 6.92 Å². The number of aromatic hydroxyl groups is 3. The van der Waals surface area contributed by atoms with Crippen LogP contribution < -0.4 is 10.2 Å². The predicted molar refractivity (Wildman–Crippen MR) is 110 cm³/mol. The predicted octanol–water partition coefficient (Wildman–Crippen LogP) is 0.940. The first kappa shape index (κ1) is 25.0. The normalized spacial score (nSPS) is 24.9. The maximum Gasteiger partial charge on any atom is 0.197 e. The van der Waals surface area contributed by atoms with Gasteiger partial charge in [-0.15, -0.1) is 0 Å². The van der Waals surface area contributed by atoms with Gasteiger partial charge in [0.2, 0.25) is 0 Å². The van der Waals surface area contributed by atoms with Crippen LogP contribution in [0.1, 0.15) is 11.7 Å². The standard InChI is InChI=1S/C22H21O10.Mo/c1-8-18(27)19(28)20(29)22(31-8)17-12(25)6-11(24)16-13(26)7-14(32-21(16)17)9-3-4-10(23)15(5-9)30-2;/h3-8,18-20,22-25,27-29H,1H2,2H3;/q-1;/t8?,18-,19+,20?,22+;/m1./s1. The molecule has 0 spiro atoms. The number of fused-ring (bicyclic) bond motifs is 1. The van der Waals surface area contributed by atoms with Crippen molar-refractivity contribution in [3.63, 3.8) is 0 Å². The van der Waals surface area contributed by atoms with E-state index in [1.807, 2.05) is 0 Å². The average Bonchev–Trinajstić information content (AvgIpc) is 2.75. The largest absolute Gasteiger partial charge is 0.507 e. The third-order valence-corrected chi connectivity index (χ3v) is 5.46. The SMILES string of the molecule is [CH2-]C1O[C@@H](c2c(O)cc(O)c3c(=O)cc(-c4ccc(O)c(OC)c4)oc23)C(O)[C@@H](O)[C@@H]1O.[Mo]. The third-order valence-electron chi connectivity index (χ3n) is 5.46. The Morgan fingerprint density at radius 2 is 1.64 bits per heavy atom.